The SMILES string of the molecule is CN[C@H]1CCC(=O)N2CCC[C@@H](C(=O)N[C@@H](CC(=O)O)C(=O)c3ncc(-c4c(Cl)cccc4Cl)o3)N2C1=O. The Morgan fingerprint density at radius 1 is 1.21 bits per heavy atom. The van der Waals surface area contributed by atoms with E-state index in [0.29, 0.717) is 12.0 Å². The maximum atomic E-state index is 13.4. The Morgan fingerprint density at radius 2 is 1.92 bits per heavy atom. The number of hydrogen-bond donors (Lipinski definition) is 3. The molecule has 0 bridgehead atoms. The summed E-state index contributed by atoms with van der Waals surface area (Å²) in [6, 6.07) is 1.43. The van der Waals surface area contributed by atoms with Crippen LogP contribution in [-0.4, -0.2) is 81.3 Å². The predicted molar refractivity (Wildman–Crippen MR) is 134 cm³/mol. The van der Waals surface area contributed by atoms with Crippen LogP contribution in [0.15, 0.2) is 28.8 Å². The van der Waals surface area contributed by atoms with Gasteiger partial charge in [-0.05, 0) is 38.4 Å². The number of halogens is 2. The summed E-state index contributed by atoms with van der Waals surface area (Å²) in [6.07, 6.45) is 1.52. The average molecular weight is 566 g/mol. The number of fused-ring (bicyclic) bond motifs is 1. The number of aliphatic carboxylic acids is 1. The van der Waals surface area contributed by atoms with Gasteiger partial charge in [-0.25, -0.2) is 9.99 Å². The summed E-state index contributed by atoms with van der Waals surface area (Å²) in [6.45, 7) is 0.270. The number of Topliss-reactive ketones (excluding diaryl/α,β-unsaturated/α-hetero) is 1. The summed E-state index contributed by atoms with van der Waals surface area (Å²) in [5.74, 6) is -4.14. The third-order valence-electron chi connectivity index (χ3n) is 6.45. The maximum Gasteiger partial charge on any atom is 0.305 e. The van der Waals surface area contributed by atoms with Crippen LogP contribution < -0.4 is 10.6 Å². The number of ketones is 1. The molecule has 202 valence electrons. The van der Waals surface area contributed by atoms with Gasteiger partial charge in [-0.2, -0.15) is 0 Å². The quantitative estimate of drug-likeness (QED) is 0.405. The Kier molecular flexibility index (Phi) is 8.34. The molecule has 2 saturated heterocycles. The number of carbonyl (C=O) groups excluding carboxylic acids is 4. The van der Waals surface area contributed by atoms with Gasteiger partial charge < -0.3 is 20.2 Å². The Balaban J connectivity index is 1.58. The number of benzene rings is 1. The van der Waals surface area contributed by atoms with E-state index in [9.17, 15) is 29.1 Å². The fraction of sp³-hybridized carbons (Fsp3) is 0.417. The molecular weight excluding hydrogens is 541 g/mol. The van der Waals surface area contributed by atoms with Crippen molar-refractivity contribution in [2.75, 3.05) is 13.6 Å². The standard InChI is InChI=1S/C24H25Cl2N5O7/c1-27-14-7-8-18(32)30-9-3-6-16(31(30)24(14)37)22(36)29-15(10-19(33)34)21(35)23-28-11-17(38-23)20-12(25)4-2-5-13(20)26/h2,4-5,11,14-16,27H,3,6-10H2,1H3,(H,29,36)(H,33,34)/t14-,15-,16-/m0/s1. The zero-order valence-electron chi connectivity index (χ0n) is 20.3. The van der Waals surface area contributed by atoms with E-state index in [1.165, 1.54) is 11.2 Å². The summed E-state index contributed by atoms with van der Waals surface area (Å²) >= 11 is 12.4. The van der Waals surface area contributed by atoms with Crippen LogP contribution in [0.5, 0.6) is 0 Å². The molecule has 2 aromatic rings. The highest BCUT2D eigenvalue weighted by Crippen LogP contribution is 2.35. The van der Waals surface area contributed by atoms with Gasteiger partial charge in [0, 0.05) is 13.0 Å². The first-order chi connectivity index (χ1) is 18.1. The molecule has 3 N–H and O–H groups in total. The number of hydrazine groups is 1. The van der Waals surface area contributed by atoms with Crippen molar-refractivity contribution in [3.8, 4) is 11.3 Å². The van der Waals surface area contributed by atoms with Crippen LogP contribution >= 0.6 is 23.2 Å². The van der Waals surface area contributed by atoms with Gasteiger partial charge in [-0.3, -0.25) is 29.0 Å². The zero-order valence-corrected chi connectivity index (χ0v) is 21.8. The molecule has 3 heterocycles. The Hall–Kier alpha value is -3.48. The lowest BCUT2D eigenvalue weighted by molar-refractivity contribution is -0.176. The van der Waals surface area contributed by atoms with E-state index in [1.54, 1.807) is 25.2 Å². The van der Waals surface area contributed by atoms with Gasteiger partial charge in [-0.1, -0.05) is 29.3 Å². The van der Waals surface area contributed by atoms with Gasteiger partial charge in [0.1, 0.15) is 12.1 Å². The van der Waals surface area contributed by atoms with Crippen LogP contribution in [0.2, 0.25) is 10.0 Å². The maximum absolute atomic E-state index is 13.4. The molecule has 1 aromatic carbocycles. The van der Waals surface area contributed by atoms with Crippen LogP contribution in [0.4, 0.5) is 0 Å². The van der Waals surface area contributed by atoms with Crippen LogP contribution in [0.25, 0.3) is 11.3 Å². The highest BCUT2D eigenvalue weighted by atomic mass is 35.5. The molecule has 1 aromatic heterocycles. The number of carboxylic acid groups (broad SMARTS) is 1. The predicted octanol–water partition coefficient (Wildman–Crippen LogP) is 1.91. The van der Waals surface area contributed by atoms with E-state index in [-0.39, 0.29) is 47.5 Å². The van der Waals surface area contributed by atoms with Crippen LogP contribution in [0.1, 0.15) is 42.8 Å². The van der Waals surface area contributed by atoms with Gasteiger partial charge >= 0.3 is 5.97 Å². The van der Waals surface area contributed by atoms with E-state index in [2.05, 4.69) is 15.6 Å². The van der Waals surface area contributed by atoms with Crippen LogP contribution in [0, 0.1) is 0 Å². The minimum absolute atomic E-state index is 0.0825. The number of carbonyl (C=O) groups is 5. The Morgan fingerprint density at radius 3 is 2.58 bits per heavy atom. The largest absolute Gasteiger partial charge is 0.481 e. The summed E-state index contributed by atoms with van der Waals surface area (Å²) in [4.78, 5) is 67.9. The molecule has 2 aliphatic rings. The number of likely N-dealkylation sites (N-methyl/N-ethyl adjacent to an activating group) is 1. The molecule has 3 atom stereocenters. The van der Waals surface area contributed by atoms with Crippen molar-refractivity contribution in [3.63, 3.8) is 0 Å². The van der Waals surface area contributed by atoms with E-state index >= 15 is 0 Å². The zero-order chi connectivity index (χ0) is 27.6. The molecule has 0 saturated carbocycles. The lowest BCUT2D eigenvalue weighted by Gasteiger charge is -2.43. The van der Waals surface area contributed by atoms with Crippen molar-refractivity contribution >= 4 is 52.7 Å². The molecule has 0 aliphatic carbocycles. The first-order valence-electron chi connectivity index (χ1n) is 11.9. The highest BCUT2D eigenvalue weighted by molar-refractivity contribution is 6.39. The first-order valence-corrected chi connectivity index (χ1v) is 12.6. The van der Waals surface area contributed by atoms with Gasteiger partial charge in [0.25, 0.3) is 11.8 Å². The molecule has 0 unspecified atom stereocenters. The molecule has 38 heavy (non-hydrogen) atoms. The number of amides is 3. The average Bonchev–Trinajstić information content (AvgIpc) is 3.32. The Labute approximate surface area is 227 Å². The number of rotatable bonds is 8. The Bertz CT molecular complexity index is 1260. The molecule has 3 amide bonds. The minimum Gasteiger partial charge on any atom is -0.481 e. The van der Waals surface area contributed by atoms with Crippen LogP contribution in [-0.2, 0) is 19.2 Å². The second kappa shape index (κ2) is 11.5. The minimum atomic E-state index is -1.55. The number of carboxylic acids is 1. The molecular formula is C24H25Cl2N5O7. The molecule has 2 aliphatic heterocycles. The number of nitrogens with one attached hydrogen (secondary N) is 2. The fourth-order valence-corrected chi connectivity index (χ4v) is 5.16. The van der Waals surface area contributed by atoms with E-state index < -0.39 is 54.0 Å². The highest BCUT2D eigenvalue weighted by Gasteiger charge is 2.44. The van der Waals surface area contributed by atoms with Crippen molar-refractivity contribution in [2.45, 2.75) is 50.2 Å². The van der Waals surface area contributed by atoms with Gasteiger partial charge in [0.2, 0.25) is 17.6 Å². The van der Waals surface area contributed by atoms with Crippen molar-refractivity contribution in [1.29, 1.82) is 0 Å². The number of aromatic nitrogens is 1. The number of nitrogens with zero attached hydrogens (tertiary/aromatic N) is 3. The number of oxazole rings is 1. The third-order valence-corrected chi connectivity index (χ3v) is 7.08. The molecule has 12 nitrogen and oxygen atoms in total. The van der Waals surface area contributed by atoms with Crippen molar-refractivity contribution < 1.29 is 33.5 Å². The van der Waals surface area contributed by atoms with Crippen molar-refractivity contribution in [3.05, 3.63) is 40.3 Å². The molecule has 2 fully saturated rings. The van der Waals surface area contributed by atoms with Crippen molar-refractivity contribution in [2.24, 2.45) is 0 Å². The summed E-state index contributed by atoms with van der Waals surface area (Å²) in [5, 5.41) is 17.6. The van der Waals surface area contributed by atoms with E-state index in [4.69, 9.17) is 27.6 Å². The lowest BCUT2D eigenvalue weighted by Crippen LogP contribution is -2.64. The molecule has 0 spiro atoms. The molecule has 4 rings (SSSR count). The summed E-state index contributed by atoms with van der Waals surface area (Å²) in [7, 11) is 1.59. The van der Waals surface area contributed by atoms with Crippen molar-refractivity contribution in [1.82, 2.24) is 25.6 Å². The fourth-order valence-electron chi connectivity index (χ4n) is 4.58. The lowest BCUT2D eigenvalue weighted by atomic mass is 10.0. The smallest absolute Gasteiger partial charge is 0.305 e. The normalized spacial score (nSPS) is 20.5. The topological polar surface area (TPSA) is 162 Å². The first kappa shape index (κ1) is 27.6. The second-order valence-electron chi connectivity index (χ2n) is 8.89. The third kappa shape index (κ3) is 5.52. The van der Waals surface area contributed by atoms with E-state index in [0.717, 1.165) is 5.01 Å². The van der Waals surface area contributed by atoms with Crippen LogP contribution in [0.3, 0.4) is 0 Å². The van der Waals surface area contributed by atoms with Gasteiger partial charge in [0.15, 0.2) is 5.76 Å². The second-order valence-corrected chi connectivity index (χ2v) is 9.70. The summed E-state index contributed by atoms with van der Waals surface area (Å²) in [5.41, 5.74) is 0.298. The molecule has 0 radical (unpaired) electrons. The molecule has 14 heteroatoms. The van der Waals surface area contributed by atoms with Gasteiger partial charge in [-0.15, -0.1) is 0 Å². The number of hydrogen-bond acceptors (Lipinski definition) is 8. The summed E-state index contributed by atoms with van der Waals surface area (Å²) < 4.78 is 5.55. The monoisotopic (exact) mass is 565 g/mol. The van der Waals surface area contributed by atoms with Gasteiger partial charge in [0.05, 0.1) is 34.3 Å². The van der Waals surface area contributed by atoms with E-state index in [1.807, 2.05) is 0 Å².